The van der Waals surface area contributed by atoms with Crippen molar-refractivity contribution in [1.82, 2.24) is 0 Å². The Labute approximate surface area is 132 Å². The van der Waals surface area contributed by atoms with Crippen molar-refractivity contribution in [3.63, 3.8) is 0 Å². The van der Waals surface area contributed by atoms with E-state index < -0.39 is 5.97 Å². The van der Waals surface area contributed by atoms with Crippen molar-refractivity contribution >= 4 is 5.97 Å². The number of aromatic carboxylic acids is 1. The van der Waals surface area contributed by atoms with Gasteiger partial charge in [0.05, 0.1) is 5.97 Å². The molecule has 0 fully saturated rings. The standard InChI is InChI=1S/C11H14O2.C8H11N/c1-11(2,3)9-6-4-8(5-7-9)10(12)13;1-7(9)8-5-3-2-4-6-8/h4-7H,1-3H3,(H,12,13);2-7H,9H2,1H3/t;7-/m.1/s1. The molecule has 0 amide bonds. The fourth-order valence-electron chi connectivity index (χ4n) is 1.89. The average Bonchev–Trinajstić information content (AvgIpc) is 2.48. The minimum absolute atomic E-state index is 0.0600. The highest BCUT2D eigenvalue weighted by molar-refractivity contribution is 5.85. The molecule has 0 saturated heterocycles. The lowest BCUT2D eigenvalue weighted by Gasteiger charge is -2.19. The quantitative estimate of drug-likeness (QED) is 0.924. The molecule has 2 aromatic rings. The topological polar surface area (TPSA) is 67.8 Å². The Morgan fingerprint density at radius 2 is 1.50 bits per heavy atom. The molecule has 118 valence electrons. The fraction of sp³-hybridized carbons (Fsp3) is 0.316. The van der Waals surface area contributed by atoms with E-state index in [1.54, 1.807) is 12.1 Å². The number of benzene rings is 2. The van der Waals surface area contributed by atoms with Crippen molar-refractivity contribution < 1.29 is 15.6 Å². The molecular weight excluding hydrogens is 274 g/mol. The van der Waals surface area contributed by atoms with Crippen LogP contribution in [0.3, 0.4) is 0 Å². The highest BCUT2D eigenvalue weighted by Crippen LogP contribution is 2.21. The van der Waals surface area contributed by atoms with E-state index in [4.69, 9.17) is 0 Å². The Hall–Kier alpha value is -2.13. The highest BCUT2D eigenvalue weighted by atomic mass is 16.4. The third kappa shape index (κ3) is 5.70. The predicted molar refractivity (Wildman–Crippen MR) is 87.2 cm³/mol. The van der Waals surface area contributed by atoms with Gasteiger partial charge >= 0.3 is 0 Å². The summed E-state index contributed by atoms with van der Waals surface area (Å²) in [6.07, 6.45) is 0. The van der Waals surface area contributed by atoms with E-state index in [-0.39, 0.29) is 11.0 Å². The molecule has 22 heavy (non-hydrogen) atoms. The van der Waals surface area contributed by atoms with Crippen LogP contribution < -0.4 is 10.8 Å². The van der Waals surface area contributed by atoms with E-state index in [2.05, 4.69) is 45.6 Å². The molecule has 1 atom stereocenters. The summed E-state index contributed by atoms with van der Waals surface area (Å²) in [5.41, 5.74) is 6.62. The lowest BCUT2D eigenvalue weighted by molar-refractivity contribution is -0.420. The number of rotatable bonds is 2. The molecule has 3 heteroatoms. The van der Waals surface area contributed by atoms with Gasteiger partial charge in [-0.25, -0.2) is 0 Å². The SMILES string of the molecule is CC(C)(C)c1ccc(C(=O)[O-])cc1.C[C@@H]([NH3+])c1ccccc1. The van der Waals surface area contributed by atoms with E-state index in [1.165, 1.54) is 5.56 Å². The number of hydrogen-bond acceptors (Lipinski definition) is 2. The van der Waals surface area contributed by atoms with E-state index in [0.29, 0.717) is 6.04 Å². The van der Waals surface area contributed by atoms with E-state index in [0.717, 1.165) is 5.56 Å². The van der Waals surface area contributed by atoms with Crippen LogP contribution in [-0.4, -0.2) is 5.97 Å². The minimum Gasteiger partial charge on any atom is -0.545 e. The van der Waals surface area contributed by atoms with Crippen molar-refractivity contribution in [3.05, 3.63) is 71.3 Å². The maximum Gasteiger partial charge on any atom is 0.107 e. The van der Waals surface area contributed by atoms with Crippen LogP contribution in [0.1, 0.15) is 55.2 Å². The zero-order valence-electron chi connectivity index (χ0n) is 13.8. The molecule has 0 saturated carbocycles. The molecule has 0 spiro atoms. The number of carbonyl (C=O) groups is 1. The van der Waals surface area contributed by atoms with Crippen molar-refractivity contribution in [3.8, 4) is 0 Å². The Morgan fingerprint density at radius 3 is 1.82 bits per heavy atom. The molecule has 2 rings (SSSR count). The molecule has 0 aliphatic heterocycles. The third-order valence-electron chi connectivity index (χ3n) is 3.36. The first-order valence-electron chi connectivity index (χ1n) is 7.41. The highest BCUT2D eigenvalue weighted by Gasteiger charge is 2.12. The maximum absolute atomic E-state index is 10.5. The molecular formula is C19H25NO2. The molecule has 0 aromatic heterocycles. The Kier molecular flexibility index (Phi) is 6.32. The van der Waals surface area contributed by atoms with Gasteiger partial charge < -0.3 is 15.6 Å². The van der Waals surface area contributed by atoms with Gasteiger partial charge in [0.25, 0.3) is 0 Å². The van der Waals surface area contributed by atoms with E-state index in [9.17, 15) is 9.90 Å². The van der Waals surface area contributed by atoms with Crippen LogP contribution in [0.25, 0.3) is 0 Å². The number of carboxylic acids is 1. The minimum atomic E-state index is -1.12. The van der Waals surface area contributed by atoms with Crippen LogP contribution in [0, 0.1) is 0 Å². The van der Waals surface area contributed by atoms with Gasteiger partial charge in [0.15, 0.2) is 0 Å². The zero-order valence-corrected chi connectivity index (χ0v) is 13.8. The van der Waals surface area contributed by atoms with Gasteiger partial charge in [-0.3, -0.25) is 0 Å². The summed E-state index contributed by atoms with van der Waals surface area (Å²) < 4.78 is 0. The summed E-state index contributed by atoms with van der Waals surface area (Å²) in [5, 5.41) is 10.5. The first-order chi connectivity index (χ1) is 10.2. The van der Waals surface area contributed by atoms with Crippen LogP contribution in [0.15, 0.2) is 54.6 Å². The third-order valence-corrected chi connectivity index (χ3v) is 3.36. The van der Waals surface area contributed by atoms with Gasteiger partial charge in [-0.05, 0) is 23.5 Å². The Morgan fingerprint density at radius 1 is 1.00 bits per heavy atom. The van der Waals surface area contributed by atoms with Crippen molar-refractivity contribution in [2.24, 2.45) is 0 Å². The maximum atomic E-state index is 10.5. The van der Waals surface area contributed by atoms with Gasteiger partial charge in [-0.1, -0.05) is 75.4 Å². The largest absolute Gasteiger partial charge is 0.545 e. The summed E-state index contributed by atoms with van der Waals surface area (Å²) in [7, 11) is 0. The summed E-state index contributed by atoms with van der Waals surface area (Å²) in [6, 6.07) is 17.5. The van der Waals surface area contributed by atoms with Crippen molar-refractivity contribution in [2.45, 2.75) is 39.2 Å². The van der Waals surface area contributed by atoms with Gasteiger partial charge in [0.1, 0.15) is 6.04 Å². The average molecular weight is 299 g/mol. The van der Waals surface area contributed by atoms with Crippen molar-refractivity contribution in [1.29, 1.82) is 0 Å². The number of quaternary nitrogens is 1. The van der Waals surface area contributed by atoms with Gasteiger partial charge in [0, 0.05) is 5.56 Å². The molecule has 0 radical (unpaired) electrons. The summed E-state index contributed by atoms with van der Waals surface area (Å²) >= 11 is 0. The summed E-state index contributed by atoms with van der Waals surface area (Å²) in [4.78, 5) is 10.5. The van der Waals surface area contributed by atoms with Gasteiger partial charge in [-0.2, -0.15) is 0 Å². The predicted octanol–water partition coefficient (Wildman–Crippen LogP) is 2.34. The number of carbonyl (C=O) groups excluding carboxylic acids is 1. The van der Waals surface area contributed by atoms with Crippen LogP contribution >= 0.6 is 0 Å². The zero-order chi connectivity index (χ0) is 16.8. The molecule has 0 aliphatic rings. The first-order valence-corrected chi connectivity index (χ1v) is 7.41. The Bertz CT molecular complexity index is 581. The van der Waals surface area contributed by atoms with Gasteiger partial charge in [-0.15, -0.1) is 0 Å². The smallest absolute Gasteiger partial charge is 0.107 e. The lowest BCUT2D eigenvalue weighted by Crippen LogP contribution is -2.51. The molecule has 3 N–H and O–H groups in total. The van der Waals surface area contributed by atoms with E-state index in [1.807, 2.05) is 30.3 Å². The second-order valence-corrected chi connectivity index (χ2v) is 6.43. The van der Waals surface area contributed by atoms with Crippen LogP contribution in [0.5, 0.6) is 0 Å². The second kappa shape index (κ2) is 7.76. The first kappa shape index (κ1) is 17.9. The molecule has 2 aromatic carbocycles. The number of carboxylic acid groups (broad SMARTS) is 1. The lowest BCUT2D eigenvalue weighted by atomic mass is 9.87. The molecule has 0 unspecified atom stereocenters. The van der Waals surface area contributed by atoms with Gasteiger partial charge in [0.2, 0.25) is 0 Å². The molecule has 0 bridgehead atoms. The normalized spacial score (nSPS) is 12.0. The van der Waals surface area contributed by atoms with Crippen LogP contribution in [-0.2, 0) is 5.41 Å². The number of hydrogen-bond donors (Lipinski definition) is 1. The monoisotopic (exact) mass is 299 g/mol. The molecule has 3 nitrogen and oxygen atoms in total. The summed E-state index contributed by atoms with van der Waals surface area (Å²) in [5.74, 6) is -1.12. The fourth-order valence-corrected chi connectivity index (χ4v) is 1.89. The summed E-state index contributed by atoms with van der Waals surface area (Å²) in [6.45, 7) is 8.35. The van der Waals surface area contributed by atoms with Crippen LogP contribution in [0.2, 0.25) is 0 Å². The van der Waals surface area contributed by atoms with Crippen LogP contribution in [0.4, 0.5) is 0 Å². The Balaban J connectivity index is 0.000000235. The molecule has 0 aliphatic carbocycles. The van der Waals surface area contributed by atoms with Crippen molar-refractivity contribution in [2.75, 3.05) is 0 Å². The molecule has 0 heterocycles. The second-order valence-electron chi connectivity index (χ2n) is 6.43. The van der Waals surface area contributed by atoms with E-state index >= 15 is 0 Å².